The van der Waals surface area contributed by atoms with Gasteiger partial charge in [-0.2, -0.15) is 13.2 Å². The number of nitrogens with zero attached hydrogens (tertiary/aromatic N) is 5. The number of alkyl halides is 3. The van der Waals surface area contributed by atoms with Gasteiger partial charge < -0.3 is 24.8 Å². The number of carbonyl (C=O) groups is 2. The Kier molecular flexibility index (Phi) is 10.2. The number of ether oxygens (including phenoxy) is 1. The van der Waals surface area contributed by atoms with Crippen LogP contribution in [0.2, 0.25) is 0 Å². The van der Waals surface area contributed by atoms with Crippen molar-refractivity contribution in [2.45, 2.75) is 37.4 Å². The molecule has 1 atom stereocenters. The minimum atomic E-state index is -4.94. The topological polar surface area (TPSA) is 125 Å². The first kappa shape index (κ1) is 32.8. The lowest BCUT2D eigenvalue weighted by Gasteiger charge is -2.44. The van der Waals surface area contributed by atoms with Crippen LogP contribution >= 0.6 is 0 Å². The second kappa shape index (κ2) is 13.1. The van der Waals surface area contributed by atoms with E-state index in [0.29, 0.717) is 5.69 Å². The van der Waals surface area contributed by atoms with E-state index in [1.165, 1.54) is 26.3 Å². The highest BCUT2D eigenvalue weighted by Gasteiger charge is 2.40. The molecule has 1 aliphatic rings. The van der Waals surface area contributed by atoms with Crippen molar-refractivity contribution >= 4 is 33.5 Å². The van der Waals surface area contributed by atoms with Crippen LogP contribution < -0.4 is 15.1 Å². The third-order valence-electron chi connectivity index (χ3n) is 6.87. The molecule has 0 spiro atoms. The van der Waals surface area contributed by atoms with Crippen molar-refractivity contribution in [3.8, 4) is 0 Å². The quantitative estimate of drug-likeness (QED) is 0.333. The smallest absolute Gasteiger partial charge is 0.434 e. The average molecular weight is 619 g/mol. The van der Waals surface area contributed by atoms with E-state index in [0.717, 1.165) is 23.4 Å². The molecular weight excluding hydrogens is 584 g/mol. The van der Waals surface area contributed by atoms with Gasteiger partial charge >= 0.3 is 12.3 Å². The zero-order valence-electron chi connectivity index (χ0n) is 23.9. The van der Waals surface area contributed by atoms with Crippen LogP contribution in [0.15, 0.2) is 29.3 Å². The molecule has 42 heavy (non-hydrogen) atoms. The fraction of sp³-hybridized carbons (Fsp3) is 0.538. The van der Waals surface area contributed by atoms with Gasteiger partial charge in [-0.05, 0) is 30.5 Å². The summed E-state index contributed by atoms with van der Waals surface area (Å²) in [6.07, 6.45) is -3.55. The van der Waals surface area contributed by atoms with E-state index in [-0.39, 0.29) is 51.0 Å². The van der Waals surface area contributed by atoms with Crippen molar-refractivity contribution in [1.82, 2.24) is 20.2 Å². The van der Waals surface area contributed by atoms with Gasteiger partial charge in [-0.15, -0.1) is 0 Å². The van der Waals surface area contributed by atoms with E-state index in [2.05, 4.69) is 20.0 Å². The molecule has 1 aromatic carbocycles. The predicted octanol–water partition coefficient (Wildman–Crippen LogP) is 3.21. The van der Waals surface area contributed by atoms with Gasteiger partial charge in [0.2, 0.25) is 5.95 Å². The lowest BCUT2D eigenvalue weighted by Crippen LogP contribution is -2.56. The first-order chi connectivity index (χ1) is 19.5. The summed E-state index contributed by atoms with van der Waals surface area (Å²) < 4.78 is 85.0. The van der Waals surface area contributed by atoms with E-state index < -0.39 is 56.0 Å². The van der Waals surface area contributed by atoms with Gasteiger partial charge in [0.25, 0.3) is 5.91 Å². The molecule has 0 saturated carbocycles. The summed E-state index contributed by atoms with van der Waals surface area (Å²) in [5.41, 5.74) is -1.60. The van der Waals surface area contributed by atoms with Crippen LogP contribution in [0.3, 0.4) is 0 Å². The number of nitrogens with one attached hydrogen (secondary N) is 1. The molecule has 1 saturated heterocycles. The molecule has 0 bridgehead atoms. The summed E-state index contributed by atoms with van der Waals surface area (Å²) in [5.74, 6) is -2.08. The number of hydrogen-bond donors (Lipinski definition) is 1. The number of amides is 2. The second-order valence-electron chi connectivity index (χ2n) is 10.3. The maximum atomic E-state index is 14.2. The van der Waals surface area contributed by atoms with Gasteiger partial charge in [0.05, 0.1) is 18.7 Å². The molecular formula is C26H34F4N6O5S. The van der Waals surface area contributed by atoms with Crippen LogP contribution in [0, 0.1) is 11.7 Å². The summed E-state index contributed by atoms with van der Waals surface area (Å²) in [6, 6.07) is 3.39. The maximum Gasteiger partial charge on any atom is 0.434 e. The third-order valence-corrected chi connectivity index (χ3v) is 7.98. The number of methoxy groups -OCH3 is 1. The summed E-state index contributed by atoms with van der Waals surface area (Å²) in [4.78, 5) is 36.2. The van der Waals surface area contributed by atoms with Crippen molar-refractivity contribution < 1.29 is 40.3 Å². The maximum absolute atomic E-state index is 14.2. The molecule has 3 rings (SSSR count). The van der Waals surface area contributed by atoms with Crippen molar-refractivity contribution in [2.75, 3.05) is 62.9 Å². The Morgan fingerprint density at radius 2 is 1.93 bits per heavy atom. The Balaban J connectivity index is 1.85. The minimum Gasteiger partial charge on any atom is -0.453 e. The fourth-order valence-electron chi connectivity index (χ4n) is 4.61. The van der Waals surface area contributed by atoms with Gasteiger partial charge in [0, 0.05) is 57.9 Å². The number of piperazine rings is 1. The first-order valence-corrected chi connectivity index (χ1v) is 15.0. The molecule has 1 aromatic heterocycles. The summed E-state index contributed by atoms with van der Waals surface area (Å²) in [5, 5.41) is 2.43. The number of alkyl carbamates (subject to hydrolysis) is 1. The summed E-state index contributed by atoms with van der Waals surface area (Å²) in [6.45, 7) is 4.70. The summed E-state index contributed by atoms with van der Waals surface area (Å²) >= 11 is 0. The predicted molar refractivity (Wildman–Crippen MR) is 147 cm³/mol. The largest absolute Gasteiger partial charge is 0.453 e. The Morgan fingerprint density at radius 3 is 2.52 bits per heavy atom. The zero-order chi connectivity index (χ0) is 31.4. The molecule has 0 unspecified atom stereocenters. The Bertz CT molecular complexity index is 1410. The number of sulfone groups is 1. The van der Waals surface area contributed by atoms with E-state index in [4.69, 9.17) is 0 Å². The van der Waals surface area contributed by atoms with Crippen molar-refractivity contribution in [2.24, 2.45) is 5.92 Å². The van der Waals surface area contributed by atoms with Crippen LogP contribution in [-0.2, 0) is 20.8 Å². The molecule has 2 heterocycles. The number of anilines is 2. The van der Waals surface area contributed by atoms with Crippen LogP contribution in [-0.4, -0.2) is 94.5 Å². The Hall–Kier alpha value is -3.69. The Labute approximate surface area is 241 Å². The molecule has 232 valence electrons. The second-order valence-corrected chi connectivity index (χ2v) is 12.3. The monoisotopic (exact) mass is 618 g/mol. The number of carbonyl (C=O) groups excluding carboxylic acids is 2. The van der Waals surface area contributed by atoms with Crippen LogP contribution in [0.5, 0.6) is 0 Å². The van der Waals surface area contributed by atoms with E-state index in [1.54, 1.807) is 4.90 Å². The van der Waals surface area contributed by atoms with Crippen LogP contribution in [0.25, 0.3) is 0 Å². The number of hydrogen-bond acceptors (Lipinski definition) is 9. The Morgan fingerprint density at radius 1 is 1.24 bits per heavy atom. The molecule has 16 heteroatoms. The van der Waals surface area contributed by atoms with Gasteiger partial charge in [-0.3, -0.25) is 4.79 Å². The van der Waals surface area contributed by atoms with Crippen molar-refractivity contribution in [1.29, 1.82) is 0 Å². The molecule has 11 nitrogen and oxygen atoms in total. The lowest BCUT2D eigenvalue weighted by atomic mass is 9.99. The van der Waals surface area contributed by atoms with Crippen LogP contribution in [0.1, 0.15) is 36.3 Å². The van der Waals surface area contributed by atoms with E-state index in [9.17, 15) is 35.6 Å². The third kappa shape index (κ3) is 7.77. The molecule has 0 aliphatic carbocycles. The highest BCUT2D eigenvalue weighted by Crippen LogP contribution is 2.34. The molecule has 2 amide bonds. The van der Waals surface area contributed by atoms with Crippen molar-refractivity contribution in [3.63, 3.8) is 0 Å². The lowest BCUT2D eigenvalue weighted by molar-refractivity contribution is -0.141. The van der Waals surface area contributed by atoms with Gasteiger partial charge in [-0.25, -0.2) is 27.6 Å². The minimum absolute atomic E-state index is 0.0592. The van der Waals surface area contributed by atoms with Gasteiger partial charge in [-0.1, -0.05) is 13.8 Å². The standard InChI is InChI=1S/C26H34F4N6O5S/c1-16(2)20-15-35(17-7-8-19(27)21(13-17)42(5,39)40)11-12-36(20)24-32-14-18(22(33-24)26(28,29)30)23(37)34(3)10-6-9-31-25(38)41-4/h7-8,13-14,16,20H,6,9-12,15H2,1-5H3,(H,31,38)/t20-/m0/s1. The van der Waals surface area contributed by atoms with Gasteiger partial charge in [0.1, 0.15) is 10.7 Å². The first-order valence-electron chi connectivity index (χ1n) is 13.1. The molecule has 0 radical (unpaired) electrons. The van der Waals surface area contributed by atoms with Crippen molar-refractivity contribution in [3.05, 3.63) is 41.5 Å². The number of rotatable bonds is 9. The SMILES string of the molecule is COC(=O)NCCCN(C)C(=O)c1cnc(N2CCN(c3ccc(F)c(S(C)(=O)=O)c3)C[C@H]2C(C)C)nc1C(F)(F)F. The van der Waals surface area contributed by atoms with Crippen LogP contribution in [0.4, 0.5) is 34.0 Å². The molecule has 1 fully saturated rings. The molecule has 1 N–H and O–H groups in total. The molecule has 2 aromatic rings. The summed E-state index contributed by atoms with van der Waals surface area (Å²) in [7, 11) is -1.28. The number of benzene rings is 1. The van der Waals surface area contributed by atoms with E-state index in [1.807, 2.05) is 18.7 Å². The highest BCUT2D eigenvalue weighted by atomic mass is 32.2. The fourth-order valence-corrected chi connectivity index (χ4v) is 5.36. The average Bonchev–Trinajstić information content (AvgIpc) is 2.93. The number of aromatic nitrogens is 2. The normalized spacial score (nSPS) is 16.0. The number of halogens is 4. The van der Waals surface area contributed by atoms with Gasteiger partial charge in [0.15, 0.2) is 15.5 Å². The zero-order valence-corrected chi connectivity index (χ0v) is 24.7. The highest BCUT2D eigenvalue weighted by molar-refractivity contribution is 7.90. The van der Waals surface area contributed by atoms with E-state index >= 15 is 0 Å². The molecule has 1 aliphatic heterocycles.